The summed E-state index contributed by atoms with van der Waals surface area (Å²) >= 11 is 5.85. The summed E-state index contributed by atoms with van der Waals surface area (Å²) in [6, 6.07) is 13.2. The molecule has 0 radical (unpaired) electrons. The van der Waals surface area contributed by atoms with Crippen LogP contribution in [0.15, 0.2) is 48.5 Å². The van der Waals surface area contributed by atoms with Gasteiger partial charge in [-0.25, -0.2) is 4.79 Å². The molecule has 0 heterocycles. The highest BCUT2D eigenvalue weighted by Crippen LogP contribution is 2.17. The molecular formula is C19H20ClNO5. The summed E-state index contributed by atoms with van der Waals surface area (Å²) in [6.07, 6.45) is 0. The summed E-state index contributed by atoms with van der Waals surface area (Å²) in [4.78, 5) is 23.8. The number of ether oxygens (including phenoxy) is 3. The Morgan fingerprint density at radius 3 is 2.54 bits per heavy atom. The third kappa shape index (κ3) is 6.74. The maximum Gasteiger partial charge on any atom is 0.338 e. The topological polar surface area (TPSA) is 73.9 Å². The van der Waals surface area contributed by atoms with Gasteiger partial charge < -0.3 is 19.5 Å². The molecule has 7 heteroatoms. The van der Waals surface area contributed by atoms with Gasteiger partial charge in [-0.05, 0) is 49.4 Å². The second-order valence-corrected chi connectivity index (χ2v) is 5.64. The van der Waals surface area contributed by atoms with E-state index in [4.69, 9.17) is 25.8 Å². The van der Waals surface area contributed by atoms with Gasteiger partial charge in [0.1, 0.15) is 12.4 Å². The number of halogens is 1. The van der Waals surface area contributed by atoms with Crippen molar-refractivity contribution in [2.75, 3.05) is 31.7 Å². The van der Waals surface area contributed by atoms with Gasteiger partial charge in [-0.15, -0.1) is 0 Å². The second kappa shape index (κ2) is 10.4. The van der Waals surface area contributed by atoms with Crippen molar-refractivity contribution < 1.29 is 23.8 Å². The molecule has 2 aromatic carbocycles. The molecule has 26 heavy (non-hydrogen) atoms. The zero-order chi connectivity index (χ0) is 18.8. The number of nitrogens with one attached hydrogen (secondary N) is 1. The minimum atomic E-state index is -0.438. The maximum atomic E-state index is 11.9. The van der Waals surface area contributed by atoms with Crippen LogP contribution in [0.1, 0.15) is 17.3 Å². The lowest BCUT2D eigenvalue weighted by atomic mass is 10.2. The van der Waals surface area contributed by atoms with Crippen LogP contribution in [0.3, 0.4) is 0 Å². The number of hydrogen-bond acceptors (Lipinski definition) is 5. The van der Waals surface area contributed by atoms with Gasteiger partial charge in [0.25, 0.3) is 5.91 Å². The standard InChI is InChI=1S/C19H20ClNO5/c1-2-24-10-11-25-19(23)14-6-8-16(9-7-14)21-18(22)13-26-17-5-3-4-15(20)12-17/h3-9,12H,2,10-11,13H2,1H3,(H,21,22). The van der Waals surface area contributed by atoms with Gasteiger partial charge in [0, 0.05) is 17.3 Å². The van der Waals surface area contributed by atoms with Gasteiger partial charge in [0.2, 0.25) is 0 Å². The molecule has 1 N–H and O–H groups in total. The molecule has 138 valence electrons. The number of esters is 1. The first-order chi connectivity index (χ1) is 12.6. The number of amides is 1. The SMILES string of the molecule is CCOCCOC(=O)c1ccc(NC(=O)COc2cccc(Cl)c2)cc1. The normalized spacial score (nSPS) is 10.2. The molecule has 0 atom stereocenters. The smallest absolute Gasteiger partial charge is 0.338 e. The zero-order valence-electron chi connectivity index (χ0n) is 14.4. The first-order valence-corrected chi connectivity index (χ1v) is 8.49. The second-order valence-electron chi connectivity index (χ2n) is 5.20. The average Bonchev–Trinajstić information content (AvgIpc) is 2.64. The fourth-order valence-corrected chi connectivity index (χ4v) is 2.19. The highest BCUT2D eigenvalue weighted by atomic mass is 35.5. The van der Waals surface area contributed by atoms with Crippen molar-refractivity contribution in [3.63, 3.8) is 0 Å². The summed E-state index contributed by atoms with van der Waals surface area (Å²) < 4.78 is 15.5. The lowest BCUT2D eigenvalue weighted by Gasteiger charge is -2.09. The van der Waals surface area contributed by atoms with Gasteiger partial charge in [-0.1, -0.05) is 17.7 Å². The first-order valence-electron chi connectivity index (χ1n) is 8.11. The van der Waals surface area contributed by atoms with Gasteiger partial charge in [-0.3, -0.25) is 4.79 Å². The lowest BCUT2D eigenvalue weighted by Crippen LogP contribution is -2.20. The number of rotatable bonds is 9. The van der Waals surface area contributed by atoms with E-state index >= 15 is 0 Å². The van der Waals surface area contributed by atoms with Crippen molar-refractivity contribution in [3.05, 3.63) is 59.1 Å². The molecule has 0 saturated carbocycles. The fraction of sp³-hybridized carbons (Fsp3) is 0.263. The van der Waals surface area contributed by atoms with E-state index in [0.717, 1.165) is 0 Å². The number of anilines is 1. The summed E-state index contributed by atoms with van der Waals surface area (Å²) in [5.74, 6) is -0.248. The number of hydrogen-bond donors (Lipinski definition) is 1. The molecular weight excluding hydrogens is 358 g/mol. The van der Waals surface area contributed by atoms with Crippen LogP contribution in [0.5, 0.6) is 5.75 Å². The molecule has 0 bridgehead atoms. The highest BCUT2D eigenvalue weighted by Gasteiger charge is 2.08. The monoisotopic (exact) mass is 377 g/mol. The van der Waals surface area contributed by atoms with Crippen LogP contribution in [0.4, 0.5) is 5.69 Å². The van der Waals surface area contributed by atoms with Crippen LogP contribution >= 0.6 is 11.6 Å². The largest absolute Gasteiger partial charge is 0.484 e. The van der Waals surface area contributed by atoms with Gasteiger partial charge in [0.05, 0.1) is 12.2 Å². The maximum absolute atomic E-state index is 11.9. The molecule has 0 fully saturated rings. The van der Waals surface area contributed by atoms with Crippen LogP contribution in [0, 0.1) is 0 Å². The number of benzene rings is 2. The Hall–Kier alpha value is -2.57. The van der Waals surface area contributed by atoms with E-state index in [0.29, 0.717) is 35.2 Å². The molecule has 2 aromatic rings. The molecule has 2 rings (SSSR count). The van der Waals surface area contributed by atoms with Gasteiger partial charge >= 0.3 is 5.97 Å². The van der Waals surface area contributed by atoms with Crippen molar-refractivity contribution in [2.45, 2.75) is 6.92 Å². The Kier molecular flexibility index (Phi) is 7.92. The molecule has 6 nitrogen and oxygen atoms in total. The third-order valence-corrected chi connectivity index (χ3v) is 3.47. The molecule has 1 amide bonds. The van der Waals surface area contributed by atoms with E-state index in [9.17, 15) is 9.59 Å². The van der Waals surface area contributed by atoms with E-state index in [1.807, 2.05) is 6.92 Å². The molecule has 0 unspecified atom stereocenters. The van der Waals surface area contributed by atoms with Crippen molar-refractivity contribution >= 4 is 29.2 Å². The van der Waals surface area contributed by atoms with Crippen molar-refractivity contribution in [2.24, 2.45) is 0 Å². The molecule has 0 saturated heterocycles. The van der Waals surface area contributed by atoms with Crippen LogP contribution < -0.4 is 10.1 Å². The van der Waals surface area contributed by atoms with E-state index in [2.05, 4.69) is 5.32 Å². The number of carbonyl (C=O) groups is 2. The Balaban J connectivity index is 1.78. The summed E-state index contributed by atoms with van der Waals surface area (Å²) in [6.45, 7) is 2.86. The Morgan fingerprint density at radius 2 is 1.85 bits per heavy atom. The quantitative estimate of drug-likeness (QED) is 0.534. The molecule has 0 aromatic heterocycles. The predicted molar refractivity (Wildman–Crippen MR) is 98.8 cm³/mol. The summed E-state index contributed by atoms with van der Waals surface area (Å²) in [5.41, 5.74) is 0.949. The summed E-state index contributed by atoms with van der Waals surface area (Å²) in [5, 5.41) is 3.22. The third-order valence-electron chi connectivity index (χ3n) is 3.24. The van der Waals surface area contributed by atoms with Gasteiger partial charge in [0.15, 0.2) is 6.61 Å². The van der Waals surface area contributed by atoms with E-state index < -0.39 is 5.97 Å². The fourth-order valence-electron chi connectivity index (χ4n) is 2.01. The van der Waals surface area contributed by atoms with E-state index in [-0.39, 0.29) is 19.1 Å². The first kappa shape index (κ1) is 19.8. The lowest BCUT2D eigenvalue weighted by molar-refractivity contribution is -0.118. The van der Waals surface area contributed by atoms with Crippen LogP contribution in [-0.2, 0) is 14.3 Å². The van der Waals surface area contributed by atoms with Gasteiger partial charge in [-0.2, -0.15) is 0 Å². The molecule has 0 aliphatic rings. The van der Waals surface area contributed by atoms with Crippen molar-refractivity contribution in [1.29, 1.82) is 0 Å². The Morgan fingerprint density at radius 1 is 1.08 bits per heavy atom. The Labute approximate surface area is 157 Å². The average molecular weight is 378 g/mol. The Bertz CT molecular complexity index is 733. The van der Waals surface area contributed by atoms with Crippen molar-refractivity contribution in [1.82, 2.24) is 0 Å². The number of carbonyl (C=O) groups excluding carboxylic acids is 2. The van der Waals surface area contributed by atoms with Crippen LogP contribution in [0.2, 0.25) is 5.02 Å². The van der Waals surface area contributed by atoms with E-state index in [1.54, 1.807) is 48.5 Å². The van der Waals surface area contributed by atoms with Crippen LogP contribution in [-0.4, -0.2) is 38.3 Å². The zero-order valence-corrected chi connectivity index (χ0v) is 15.1. The minimum Gasteiger partial charge on any atom is -0.484 e. The molecule has 0 aliphatic carbocycles. The highest BCUT2D eigenvalue weighted by molar-refractivity contribution is 6.30. The van der Waals surface area contributed by atoms with Crippen molar-refractivity contribution in [3.8, 4) is 5.75 Å². The molecule has 0 aliphatic heterocycles. The predicted octanol–water partition coefficient (Wildman–Crippen LogP) is 3.55. The van der Waals surface area contributed by atoms with E-state index in [1.165, 1.54) is 0 Å². The minimum absolute atomic E-state index is 0.151. The molecule has 0 spiro atoms. The van der Waals surface area contributed by atoms with Crippen LogP contribution in [0.25, 0.3) is 0 Å². The summed E-state index contributed by atoms with van der Waals surface area (Å²) in [7, 11) is 0.